The average Bonchev–Trinajstić information content (AvgIpc) is 1.99. The first-order valence-electron chi connectivity index (χ1n) is 4.07. The van der Waals surface area contributed by atoms with Gasteiger partial charge in [0.2, 0.25) is 0 Å². The Morgan fingerprint density at radius 2 is 1.75 bits per heavy atom. The highest BCUT2D eigenvalue weighted by atomic mass is 19.4. The number of carbonyl (C=O) groups excluding carboxylic acids is 1. The Hall–Kier alpha value is -1.34. The third-order valence-electron chi connectivity index (χ3n) is 1.25. The Balaban J connectivity index is 4.30. The predicted octanol–water partition coefficient (Wildman–Crippen LogP) is 2.63. The lowest BCUT2D eigenvalue weighted by Crippen LogP contribution is -2.38. The summed E-state index contributed by atoms with van der Waals surface area (Å²) in [5.41, 5.74) is 0. The van der Waals surface area contributed by atoms with Crippen LogP contribution in [0.5, 0.6) is 0 Å². The van der Waals surface area contributed by atoms with Crippen molar-refractivity contribution in [2.75, 3.05) is 6.61 Å². The van der Waals surface area contributed by atoms with Gasteiger partial charge in [0.15, 0.2) is 0 Å². The molecule has 94 valence electrons. The van der Waals surface area contributed by atoms with E-state index >= 15 is 0 Å². The van der Waals surface area contributed by atoms with E-state index in [-0.39, 0.29) is 6.61 Å². The maximum atomic E-state index is 12.3. The van der Waals surface area contributed by atoms with Crippen molar-refractivity contribution >= 4 is 5.97 Å². The molecule has 0 amide bonds. The molecular weight excluding hydrogens is 239 g/mol. The lowest BCUT2D eigenvalue weighted by Gasteiger charge is -2.20. The summed E-state index contributed by atoms with van der Waals surface area (Å²) < 4.78 is 67.0. The van der Waals surface area contributed by atoms with Gasteiger partial charge < -0.3 is 9.47 Å². The molecule has 0 aromatic heterocycles. The third kappa shape index (κ3) is 4.45. The first-order chi connectivity index (χ1) is 7.10. The maximum absolute atomic E-state index is 12.3. The van der Waals surface area contributed by atoms with E-state index in [0.29, 0.717) is 0 Å². The zero-order chi connectivity index (χ0) is 13.0. The van der Waals surface area contributed by atoms with Crippen molar-refractivity contribution in [3.8, 4) is 0 Å². The summed E-state index contributed by atoms with van der Waals surface area (Å²) in [6, 6.07) is 0. The van der Waals surface area contributed by atoms with Crippen LogP contribution in [0.1, 0.15) is 13.3 Å². The highest BCUT2D eigenvalue weighted by Gasteiger charge is 2.61. The second-order valence-electron chi connectivity index (χ2n) is 2.64. The SMILES string of the molecule is C=C(CC(=O)OCC)OC(F)(F)C(F)(F)F. The van der Waals surface area contributed by atoms with Gasteiger partial charge in [-0.05, 0) is 6.92 Å². The normalized spacial score (nSPS) is 12.1. The molecule has 0 N–H and O–H groups in total. The average molecular weight is 248 g/mol. The number of ether oxygens (including phenoxy) is 2. The fourth-order valence-corrected chi connectivity index (χ4v) is 0.648. The van der Waals surface area contributed by atoms with Crippen molar-refractivity contribution in [1.29, 1.82) is 0 Å². The van der Waals surface area contributed by atoms with Crippen LogP contribution in [0, 0.1) is 0 Å². The van der Waals surface area contributed by atoms with Gasteiger partial charge in [0.25, 0.3) is 0 Å². The van der Waals surface area contributed by atoms with Gasteiger partial charge in [-0.25, -0.2) is 0 Å². The van der Waals surface area contributed by atoms with Crippen molar-refractivity contribution in [2.45, 2.75) is 25.6 Å². The van der Waals surface area contributed by atoms with Crippen LogP contribution in [0.15, 0.2) is 12.3 Å². The molecule has 0 radical (unpaired) electrons. The van der Waals surface area contributed by atoms with Crippen molar-refractivity contribution in [3.05, 3.63) is 12.3 Å². The summed E-state index contributed by atoms with van der Waals surface area (Å²) in [6.07, 6.45) is -12.1. The molecule has 0 unspecified atom stereocenters. The lowest BCUT2D eigenvalue weighted by molar-refractivity contribution is -0.379. The summed E-state index contributed by atoms with van der Waals surface area (Å²) in [5.74, 6) is -2.01. The molecule has 0 spiro atoms. The van der Waals surface area contributed by atoms with Crippen LogP contribution >= 0.6 is 0 Å². The molecule has 0 fully saturated rings. The number of alkyl halides is 5. The van der Waals surface area contributed by atoms with Gasteiger partial charge >= 0.3 is 18.3 Å². The van der Waals surface area contributed by atoms with Crippen LogP contribution in [-0.2, 0) is 14.3 Å². The molecule has 0 saturated heterocycles. The Kier molecular flexibility index (Phi) is 4.70. The van der Waals surface area contributed by atoms with Gasteiger partial charge in [-0.3, -0.25) is 4.79 Å². The largest absolute Gasteiger partial charge is 0.498 e. The molecule has 0 aliphatic heterocycles. The number of rotatable bonds is 5. The summed E-state index contributed by atoms with van der Waals surface area (Å²) in [6.45, 7) is 4.20. The van der Waals surface area contributed by atoms with E-state index in [0.717, 1.165) is 0 Å². The van der Waals surface area contributed by atoms with Gasteiger partial charge in [0, 0.05) is 0 Å². The number of hydrogen-bond acceptors (Lipinski definition) is 3. The topological polar surface area (TPSA) is 35.5 Å². The standard InChI is InChI=1S/C8H9F5O3/c1-3-15-6(14)4-5(2)16-8(12,13)7(9,10)11/h2-4H2,1H3. The molecule has 0 rings (SSSR count). The quantitative estimate of drug-likeness (QED) is 0.426. The smallest absolute Gasteiger partial charge is 0.466 e. The highest BCUT2D eigenvalue weighted by molar-refractivity contribution is 5.71. The second-order valence-corrected chi connectivity index (χ2v) is 2.64. The first kappa shape index (κ1) is 14.7. The molecule has 0 bridgehead atoms. The predicted molar refractivity (Wildman–Crippen MR) is 42.5 cm³/mol. The summed E-state index contributed by atoms with van der Waals surface area (Å²) in [7, 11) is 0. The number of hydrogen-bond donors (Lipinski definition) is 0. The van der Waals surface area contributed by atoms with Crippen LogP contribution in [0.25, 0.3) is 0 Å². The lowest BCUT2D eigenvalue weighted by atomic mass is 10.4. The first-order valence-corrected chi connectivity index (χ1v) is 4.07. The van der Waals surface area contributed by atoms with Crippen LogP contribution in [0.3, 0.4) is 0 Å². The Morgan fingerprint density at radius 1 is 1.25 bits per heavy atom. The van der Waals surface area contributed by atoms with Gasteiger partial charge in [-0.15, -0.1) is 0 Å². The third-order valence-corrected chi connectivity index (χ3v) is 1.25. The highest BCUT2D eigenvalue weighted by Crippen LogP contribution is 2.38. The van der Waals surface area contributed by atoms with Crippen LogP contribution < -0.4 is 0 Å². The molecule has 0 heterocycles. The zero-order valence-corrected chi connectivity index (χ0v) is 8.24. The summed E-state index contributed by atoms with van der Waals surface area (Å²) >= 11 is 0. The molecule has 0 aromatic carbocycles. The minimum absolute atomic E-state index is 0.0260. The molecule has 16 heavy (non-hydrogen) atoms. The molecule has 0 saturated carbocycles. The van der Waals surface area contributed by atoms with E-state index in [4.69, 9.17) is 0 Å². The maximum Gasteiger partial charge on any atom is 0.498 e. The van der Waals surface area contributed by atoms with E-state index in [1.165, 1.54) is 6.92 Å². The minimum Gasteiger partial charge on any atom is -0.466 e. The second kappa shape index (κ2) is 5.13. The van der Waals surface area contributed by atoms with Crippen LogP contribution in [-0.4, -0.2) is 24.9 Å². The number of halogens is 5. The van der Waals surface area contributed by atoms with Crippen molar-refractivity contribution < 1.29 is 36.2 Å². The molecule has 0 atom stereocenters. The van der Waals surface area contributed by atoms with E-state index in [1.54, 1.807) is 0 Å². The van der Waals surface area contributed by atoms with Crippen LogP contribution in [0.2, 0.25) is 0 Å². The number of esters is 1. The van der Waals surface area contributed by atoms with Gasteiger partial charge in [0.1, 0.15) is 12.2 Å². The van der Waals surface area contributed by atoms with Crippen molar-refractivity contribution in [1.82, 2.24) is 0 Å². The van der Waals surface area contributed by atoms with Gasteiger partial charge in [-0.2, -0.15) is 22.0 Å². The van der Waals surface area contributed by atoms with Crippen LogP contribution in [0.4, 0.5) is 22.0 Å². The molecule has 8 heteroatoms. The van der Waals surface area contributed by atoms with E-state index in [2.05, 4.69) is 16.1 Å². The fourth-order valence-electron chi connectivity index (χ4n) is 0.648. The molecule has 3 nitrogen and oxygen atoms in total. The van der Waals surface area contributed by atoms with Crippen molar-refractivity contribution in [2.24, 2.45) is 0 Å². The molecule has 0 aliphatic rings. The summed E-state index contributed by atoms with van der Waals surface area (Å²) in [5, 5.41) is 0. The Labute approximate surface area is 87.8 Å². The zero-order valence-electron chi connectivity index (χ0n) is 8.24. The van der Waals surface area contributed by atoms with Gasteiger partial charge in [-0.1, -0.05) is 6.58 Å². The molecule has 0 aromatic rings. The van der Waals surface area contributed by atoms with Crippen molar-refractivity contribution in [3.63, 3.8) is 0 Å². The monoisotopic (exact) mass is 248 g/mol. The van der Waals surface area contributed by atoms with Gasteiger partial charge in [0.05, 0.1) is 6.61 Å². The summed E-state index contributed by atoms with van der Waals surface area (Å²) in [4.78, 5) is 10.7. The molecule has 0 aliphatic carbocycles. The Bertz CT molecular complexity index is 271. The number of carbonyl (C=O) groups is 1. The van der Waals surface area contributed by atoms with E-state index in [9.17, 15) is 26.7 Å². The van der Waals surface area contributed by atoms with E-state index in [1.807, 2.05) is 0 Å². The Morgan fingerprint density at radius 3 is 2.12 bits per heavy atom. The fraction of sp³-hybridized carbons (Fsp3) is 0.625. The van der Waals surface area contributed by atoms with E-state index < -0.39 is 30.4 Å². The molecular formula is C8H9F5O3. The minimum atomic E-state index is -5.86.